The number of unbranched alkanes of at least 4 members (excludes halogenated alkanes) is 9. The van der Waals surface area contributed by atoms with Crippen LogP contribution in [0.5, 0.6) is 0 Å². The molecule has 28 heavy (non-hydrogen) atoms. The van der Waals surface area contributed by atoms with Gasteiger partial charge in [-0.15, -0.1) is 0 Å². The zero-order valence-electron chi connectivity index (χ0n) is 18.5. The van der Waals surface area contributed by atoms with Crippen molar-refractivity contribution in [3.8, 4) is 0 Å². The molecular formula is C23H44N2O3. The van der Waals surface area contributed by atoms with Gasteiger partial charge in [0.1, 0.15) is 6.04 Å². The minimum Gasteiger partial charge on any atom is -0.480 e. The van der Waals surface area contributed by atoms with Crippen LogP contribution in [0.2, 0.25) is 0 Å². The summed E-state index contributed by atoms with van der Waals surface area (Å²) >= 11 is 0. The van der Waals surface area contributed by atoms with Crippen molar-refractivity contribution in [2.24, 2.45) is 0 Å². The highest BCUT2D eigenvalue weighted by Crippen LogP contribution is 2.10. The van der Waals surface area contributed by atoms with Gasteiger partial charge in [0.05, 0.1) is 0 Å². The van der Waals surface area contributed by atoms with E-state index in [-0.39, 0.29) is 5.91 Å². The third-order valence-corrected chi connectivity index (χ3v) is 5.06. The maximum Gasteiger partial charge on any atom is 0.320 e. The zero-order valence-corrected chi connectivity index (χ0v) is 18.5. The van der Waals surface area contributed by atoms with Crippen LogP contribution >= 0.6 is 0 Å². The summed E-state index contributed by atoms with van der Waals surface area (Å²) in [7, 11) is 3.56. The van der Waals surface area contributed by atoms with Crippen molar-refractivity contribution in [2.75, 3.05) is 20.6 Å². The molecule has 0 radical (unpaired) electrons. The first kappa shape index (κ1) is 26.6. The molecule has 0 bridgehead atoms. The Morgan fingerprint density at radius 3 is 2.11 bits per heavy atom. The van der Waals surface area contributed by atoms with Gasteiger partial charge in [-0.05, 0) is 52.6 Å². The molecule has 0 rings (SSSR count). The average Bonchev–Trinajstić information content (AvgIpc) is 2.64. The Morgan fingerprint density at radius 1 is 0.893 bits per heavy atom. The van der Waals surface area contributed by atoms with Crippen LogP contribution in [0.3, 0.4) is 0 Å². The third-order valence-electron chi connectivity index (χ3n) is 5.06. The molecule has 5 heteroatoms. The summed E-state index contributed by atoms with van der Waals surface area (Å²) in [5.41, 5.74) is 0. The first-order valence-corrected chi connectivity index (χ1v) is 11.3. The van der Waals surface area contributed by atoms with Gasteiger partial charge < -0.3 is 10.4 Å². The fourth-order valence-electron chi connectivity index (χ4n) is 3.23. The molecule has 0 spiro atoms. The molecular weight excluding hydrogens is 352 g/mol. The molecule has 0 unspecified atom stereocenters. The highest BCUT2D eigenvalue weighted by atomic mass is 16.4. The van der Waals surface area contributed by atoms with E-state index in [2.05, 4.69) is 24.4 Å². The smallest absolute Gasteiger partial charge is 0.320 e. The number of carboxylic acids is 1. The second-order valence-corrected chi connectivity index (χ2v) is 7.94. The fraction of sp³-hybridized carbons (Fsp3) is 0.826. The number of hydrogen-bond acceptors (Lipinski definition) is 3. The lowest BCUT2D eigenvalue weighted by molar-refractivity contribution is -0.142. The summed E-state index contributed by atoms with van der Waals surface area (Å²) in [5.74, 6) is -0.702. The predicted octanol–water partition coefficient (Wildman–Crippen LogP) is 5.15. The minimum absolute atomic E-state index is 0.0825. The van der Waals surface area contributed by atoms with Crippen molar-refractivity contribution in [1.29, 1.82) is 0 Å². The Hall–Kier alpha value is -1.36. The van der Waals surface area contributed by atoms with Gasteiger partial charge in [-0.2, -0.15) is 0 Å². The van der Waals surface area contributed by atoms with Crippen molar-refractivity contribution < 1.29 is 14.7 Å². The summed E-state index contributed by atoms with van der Waals surface area (Å²) in [6, 6.07) is -0.443. The van der Waals surface area contributed by atoms with Gasteiger partial charge in [0.25, 0.3) is 0 Å². The van der Waals surface area contributed by atoms with Gasteiger partial charge in [0, 0.05) is 13.0 Å². The van der Waals surface area contributed by atoms with E-state index in [0.29, 0.717) is 19.4 Å². The number of amides is 1. The average molecular weight is 397 g/mol. The molecule has 0 aromatic heterocycles. The molecule has 164 valence electrons. The van der Waals surface area contributed by atoms with Crippen LogP contribution in [0, 0.1) is 0 Å². The first-order valence-electron chi connectivity index (χ1n) is 11.3. The van der Waals surface area contributed by atoms with Gasteiger partial charge in [-0.1, -0.05) is 64.0 Å². The number of rotatable bonds is 19. The highest BCUT2D eigenvalue weighted by Gasteiger charge is 2.18. The van der Waals surface area contributed by atoms with Crippen LogP contribution in [0.15, 0.2) is 12.2 Å². The van der Waals surface area contributed by atoms with Crippen LogP contribution in [-0.2, 0) is 9.59 Å². The zero-order chi connectivity index (χ0) is 21.0. The Balaban J connectivity index is 3.47. The second-order valence-electron chi connectivity index (χ2n) is 7.94. The predicted molar refractivity (Wildman–Crippen MR) is 118 cm³/mol. The van der Waals surface area contributed by atoms with Gasteiger partial charge in [0.2, 0.25) is 5.91 Å². The number of carbonyl (C=O) groups is 2. The SMILES string of the molecule is CCCCCCCCCC/C=C/CCC(=O)NCCCC[C@@H](C(=O)O)N(C)C. The molecule has 2 N–H and O–H groups in total. The molecule has 0 aromatic carbocycles. The molecule has 1 amide bonds. The van der Waals surface area contributed by atoms with Crippen LogP contribution in [0.4, 0.5) is 0 Å². The molecule has 0 aliphatic rings. The van der Waals surface area contributed by atoms with Gasteiger partial charge in [-0.25, -0.2) is 0 Å². The van der Waals surface area contributed by atoms with Crippen molar-refractivity contribution in [3.05, 3.63) is 12.2 Å². The Morgan fingerprint density at radius 2 is 1.50 bits per heavy atom. The monoisotopic (exact) mass is 396 g/mol. The molecule has 0 saturated carbocycles. The van der Waals surface area contributed by atoms with E-state index in [1.807, 2.05) is 0 Å². The van der Waals surface area contributed by atoms with Crippen molar-refractivity contribution in [1.82, 2.24) is 10.2 Å². The van der Waals surface area contributed by atoms with Crippen LogP contribution in [-0.4, -0.2) is 48.6 Å². The number of hydrogen-bond donors (Lipinski definition) is 2. The third kappa shape index (κ3) is 16.8. The minimum atomic E-state index is -0.784. The number of aliphatic carboxylic acids is 1. The molecule has 0 aromatic rings. The van der Waals surface area contributed by atoms with E-state index in [1.54, 1.807) is 19.0 Å². The van der Waals surface area contributed by atoms with E-state index in [4.69, 9.17) is 5.11 Å². The van der Waals surface area contributed by atoms with E-state index in [0.717, 1.165) is 25.7 Å². The highest BCUT2D eigenvalue weighted by molar-refractivity contribution is 5.76. The largest absolute Gasteiger partial charge is 0.480 e. The summed E-state index contributed by atoms with van der Waals surface area (Å²) in [6.07, 6.45) is 19.7. The first-order chi connectivity index (χ1) is 13.5. The molecule has 1 atom stereocenters. The van der Waals surface area contributed by atoms with E-state index >= 15 is 0 Å². The lowest BCUT2D eigenvalue weighted by Gasteiger charge is -2.19. The summed E-state index contributed by atoms with van der Waals surface area (Å²) in [6.45, 7) is 2.88. The Bertz CT molecular complexity index is 422. The lowest BCUT2D eigenvalue weighted by atomic mass is 10.1. The van der Waals surface area contributed by atoms with E-state index in [9.17, 15) is 9.59 Å². The standard InChI is InChI=1S/C23H44N2O3/c1-4-5-6-7-8-9-10-11-12-13-14-15-19-22(26)24-20-17-16-18-21(23(27)28)25(2)3/h13-14,21H,4-12,15-20H2,1-3H3,(H,24,26)(H,27,28)/b14-13+/t21-/m0/s1. The molecule has 0 saturated heterocycles. The van der Waals surface area contributed by atoms with Crippen molar-refractivity contribution in [2.45, 2.75) is 103 Å². The Kier molecular flexibility index (Phi) is 18.1. The maximum atomic E-state index is 11.8. The van der Waals surface area contributed by atoms with Crippen LogP contribution < -0.4 is 5.32 Å². The molecule has 0 heterocycles. The topological polar surface area (TPSA) is 69.6 Å². The molecule has 0 fully saturated rings. The fourth-order valence-corrected chi connectivity index (χ4v) is 3.23. The number of allylic oxidation sites excluding steroid dienone is 2. The maximum absolute atomic E-state index is 11.8. The van der Waals surface area contributed by atoms with Crippen LogP contribution in [0.25, 0.3) is 0 Å². The summed E-state index contributed by atoms with van der Waals surface area (Å²) < 4.78 is 0. The molecule has 0 aliphatic heterocycles. The summed E-state index contributed by atoms with van der Waals surface area (Å²) in [5, 5.41) is 12.0. The Labute approximate surface area is 173 Å². The number of carboxylic acid groups (broad SMARTS) is 1. The van der Waals surface area contributed by atoms with Crippen molar-refractivity contribution >= 4 is 11.9 Å². The second kappa shape index (κ2) is 19.0. The quantitative estimate of drug-likeness (QED) is 0.234. The number of carbonyl (C=O) groups excluding carboxylic acids is 1. The lowest BCUT2D eigenvalue weighted by Crippen LogP contribution is -2.35. The van der Waals surface area contributed by atoms with E-state index in [1.165, 1.54) is 51.4 Å². The van der Waals surface area contributed by atoms with Gasteiger partial charge in [-0.3, -0.25) is 14.5 Å². The van der Waals surface area contributed by atoms with Gasteiger partial charge in [0.15, 0.2) is 0 Å². The van der Waals surface area contributed by atoms with E-state index < -0.39 is 12.0 Å². The number of likely N-dealkylation sites (N-methyl/N-ethyl adjacent to an activating group) is 1. The normalized spacial score (nSPS) is 12.6. The van der Waals surface area contributed by atoms with Crippen LogP contribution in [0.1, 0.15) is 96.8 Å². The van der Waals surface area contributed by atoms with Crippen molar-refractivity contribution in [3.63, 3.8) is 0 Å². The number of nitrogens with zero attached hydrogens (tertiary/aromatic N) is 1. The number of nitrogens with one attached hydrogen (secondary N) is 1. The summed E-state index contributed by atoms with van der Waals surface area (Å²) in [4.78, 5) is 24.6. The molecule has 0 aliphatic carbocycles. The molecule has 5 nitrogen and oxygen atoms in total. The van der Waals surface area contributed by atoms with Gasteiger partial charge >= 0.3 is 5.97 Å².